The molecule has 0 atom stereocenters. The molecule has 0 fully saturated rings. The predicted octanol–water partition coefficient (Wildman–Crippen LogP) is -2.64. The third-order valence-electron chi connectivity index (χ3n) is 0. The fourth-order valence-corrected chi connectivity index (χ4v) is 0. The summed E-state index contributed by atoms with van der Waals surface area (Å²) in [6.07, 6.45) is 0. The zero-order valence-corrected chi connectivity index (χ0v) is 6.20. The summed E-state index contributed by atoms with van der Waals surface area (Å²) in [5.41, 5.74) is 0. The Morgan fingerprint density at radius 2 is 1.40 bits per heavy atom. The van der Waals surface area contributed by atoms with Crippen LogP contribution >= 0.6 is 0 Å². The van der Waals surface area contributed by atoms with E-state index in [0.29, 0.717) is 0 Å². The molecule has 0 aromatic rings. The molecule has 5 heavy (non-hydrogen) atoms. The van der Waals surface area contributed by atoms with E-state index in [1.54, 1.807) is 0 Å². The Balaban J connectivity index is -0.000000000500. The minimum atomic E-state index is 0. The van der Waals surface area contributed by atoms with Crippen molar-refractivity contribution < 1.29 is 24.7 Å². The van der Waals surface area contributed by atoms with Crippen molar-refractivity contribution >= 4 is 68.7 Å². The Labute approximate surface area is 91.9 Å². The molecule has 0 saturated heterocycles. The Morgan fingerprint density at radius 1 is 1.40 bits per heavy atom. The number of hydrogen-bond acceptors (Lipinski definition) is 1. The van der Waals surface area contributed by atoms with E-state index >= 15 is 0 Å². The molecule has 0 saturated carbocycles. The van der Waals surface area contributed by atoms with Crippen molar-refractivity contribution in [1.29, 1.82) is 0 Å². The van der Waals surface area contributed by atoms with Crippen molar-refractivity contribution in [1.82, 2.24) is 0 Å². The second kappa shape index (κ2) is 29.9. The molecule has 0 aromatic heterocycles. The molecule has 0 N–H and O–H groups in total. The van der Waals surface area contributed by atoms with Gasteiger partial charge in [-0.3, -0.25) is 0 Å². The van der Waals surface area contributed by atoms with Crippen LogP contribution in [0.5, 0.6) is 0 Å². The fraction of sp³-hybridized carbons (Fsp3) is 0. The number of hydrogen-bond donors (Lipinski definition) is 0. The molecule has 0 spiro atoms. The summed E-state index contributed by atoms with van der Waals surface area (Å²) >= 11 is 0.125. The van der Waals surface area contributed by atoms with Gasteiger partial charge in [0.25, 0.3) is 0 Å². The second-order valence-corrected chi connectivity index (χ2v) is 0. The van der Waals surface area contributed by atoms with Gasteiger partial charge in [-0.15, -0.1) is 0 Å². The third-order valence-corrected chi connectivity index (χ3v) is 0. The molecule has 0 amide bonds. The standard InChI is InChI=1S/Ga.In.Mg.O.Zn.8H/q;;+2;;;;;;;;;2*-1. The maximum absolute atomic E-state index is 8.38. The normalized spacial score (nSPS) is 1.20. The maximum atomic E-state index is 8.38. The average Bonchev–Trinajstić information content (AvgIpc) is 1.00. The molecular weight excluding hydrogens is 290 g/mol. The first-order valence-electron chi connectivity index (χ1n) is 0.289. The molecule has 0 bridgehead atoms. The summed E-state index contributed by atoms with van der Waals surface area (Å²) in [4.78, 5) is 0. The van der Waals surface area contributed by atoms with Gasteiger partial charge in [0.05, 0.1) is 0 Å². The molecule has 0 aliphatic rings. The Kier molecular flexibility index (Phi) is 151. The first-order chi connectivity index (χ1) is 1.00. The van der Waals surface area contributed by atoms with Crippen molar-refractivity contribution in [3.8, 4) is 0 Å². The summed E-state index contributed by atoms with van der Waals surface area (Å²) in [6.45, 7) is 0. The van der Waals surface area contributed by atoms with Crippen molar-refractivity contribution in [2.24, 2.45) is 0 Å². The van der Waals surface area contributed by atoms with Crippen molar-refractivity contribution in [2.45, 2.75) is 0 Å². The Hall–Kier alpha value is 2.70. The molecule has 0 aliphatic carbocycles. The van der Waals surface area contributed by atoms with Crippen LogP contribution in [0.1, 0.15) is 2.85 Å². The SMILES string of the molecule is [GaH3].[H-].[H-].[InH3].[Mg+2].[O]=[Zn]. The van der Waals surface area contributed by atoms with Crippen molar-refractivity contribution in [3.05, 3.63) is 0 Å². The van der Waals surface area contributed by atoms with Crippen LogP contribution in [0, 0.1) is 0 Å². The van der Waals surface area contributed by atoms with Gasteiger partial charge in [-0.1, -0.05) is 0 Å². The Bertz CT molecular complexity index is 17.7. The zero-order valence-electron chi connectivity index (χ0n) is 3.82. The van der Waals surface area contributed by atoms with Gasteiger partial charge in [0.15, 0.2) is 0 Å². The van der Waals surface area contributed by atoms with Crippen LogP contribution in [0.15, 0.2) is 0 Å². The zero-order chi connectivity index (χ0) is 2.00. The second-order valence-electron chi connectivity index (χ2n) is 0. The van der Waals surface area contributed by atoms with E-state index in [4.69, 9.17) is 3.57 Å². The van der Waals surface area contributed by atoms with Crippen molar-refractivity contribution in [2.75, 3.05) is 0 Å². The quantitative estimate of drug-likeness (QED) is 0.447. The average molecular weight is 298 g/mol. The molecule has 5 heteroatoms. The predicted molar refractivity (Wildman–Crippen MR) is 28.5 cm³/mol. The van der Waals surface area contributed by atoms with E-state index in [-0.39, 0.29) is 89.8 Å². The van der Waals surface area contributed by atoms with Gasteiger partial charge in [-0.25, -0.2) is 0 Å². The first kappa shape index (κ1) is 25.3. The van der Waals surface area contributed by atoms with E-state index < -0.39 is 0 Å². The molecule has 0 rings (SSSR count). The van der Waals surface area contributed by atoms with Gasteiger partial charge in [0.1, 0.15) is 0 Å². The van der Waals surface area contributed by atoms with Gasteiger partial charge in [-0.2, -0.15) is 0 Å². The minimum absolute atomic E-state index is 0. The summed E-state index contributed by atoms with van der Waals surface area (Å²) < 4.78 is 8.38. The van der Waals surface area contributed by atoms with Crippen LogP contribution in [0.4, 0.5) is 0 Å². The molecule has 1 nitrogen and oxygen atoms in total. The summed E-state index contributed by atoms with van der Waals surface area (Å²) in [5.74, 6) is 0. The first-order valence-corrected chi connectivity index (χ1v) is 1.50. The van der Waals surface area contributed by atoms with Gasteiger partial charge < -0.3 is 2.85 Å². The van der Waals surface area contributed by atoms with Gasteiger partial charge >= 0.3 is 90.5 Å². The summed E-state index contributed by atoms with van der Waals surface area (Å²) in [6, 6.07) is 0. The molecule has 0 aromatic carbocycles. The van der Waals surface area contributed by atoms with E-state index in [0.717, 1.165) is 0 Å². The van der Waals surface area contributed by atoms with Gasteiger partial charge in [0.2, 0.25) is 0 Å². The van der Waals surface area contributed by atoms with Crippen molar-refractivity contribution in [3.63, 3.8) is 0 Å². The van der Waals surface area contributed by atoms with Crippen LogP contribution in [0.25, 0.3) is 0 Å². The molecule has 0 aliphatic heterocycles. The van der Waals surface area contributed by atoms with Crippen LogP contribution < -0.4 is 0 Å². The van der Waals surface area contributed by atoms with E-state index in [9.17, 15) is 0 Å². The molecular formula is H8GaInMgOZn. The van der Waals surface area contributed by atoms with E-state index in [1.807, 2.05) is 0 Å². The fourth-order valence-electron chi connectivity index (χ4n) is 0. The summed E-state index contributed by atoms with van der Waals surface area (Å²) in [5, 5.41) is 0. The van der Waals surface area contributed by atoms with Crippen LogP contribution in [0.3, 0.4) is 0 Å². The third kappa shape index (κ3) is 20.3. The van der Waals surface area contributed by atoms with E-state index in [1.165, 1.54) is 0 Å². The molecule has 24 valence electrons. The Morgan fingerprint density at radius 3 is 1.40 bits per heavy atom. The van der Waals surface area contributed by atoms with Gasteiger partial charge in [0, 0.05) is 0 Å². The molecule has 0 heterocycles. The molecule has 0 unspecified atom stereocenters. The summed E-state index contributed by atoms with van der Waals surface area (Å²) in [7, 11) is 0. The van der Waals surface area contributed by atoms with Crippen LogP contribution in [0.2, 0.25) is 0 Å². The monoisotopic (exact) mass is 296 g/mol. The van der Waals surface area contributed by atoms with Crippen LogP contribution in [-0.2, 0) is 21.8 Å². The van der Waals surface area contributed by atoms with E-state index in [2.05, 4.69) is 0 Å². The van der Waals surface area contributed by atoms with Crippen LogP contribution in [-0.4, -0.2) is 68.7 Å². The topological polar surface area (TPSA) is 17.1 Å². The molecule has 0 radical (unpaired) electrons. The van der Waals surface area contributed by atoms with Gasteiger partial charge in [-0.05, 0) is 0 Å². The number of rotatable bonds is 0.